The number of thiazole rings is 1. The Morgan fingerprint density at radius 3 is 2.95 bits per heavy atom. The summed E-state index contributed by atoms with van der Waals surface area (Å²) in [6, 6.07) is 10.8. The van der Waals surface area contributed by atoms with Crippen molar-refractivity contribution in [3.8, 4) is 10.8 Å². The highest BCUT2D eigenvalue weighted by atomic mass is 32.1. The van der Waals surface area contributed by atoms with Gasteiger partial charge in [-0.15, -0.1) is 16.4 Å². The third kappa shape index (κ3) is 2.21. The van der Waals surface area contributed by atoms with Crippen molar-refractivity contribution >= 4 is 22.2 Å². The molecule has 108 valence electrons. The van der Waals surface area contributed by atoms with Crippen LogP contribution in [0, 0.1) is 0 Å². The van der Waals surface area contributed by atoms with Crippen molar-refractivity contribution in [3.63, 3.8) is 0 Å². The first-order valence-corrected chi connectivity index (χ1v) is 7.50. The standard InChI is InChI=1S/C15H10N4O2S/c20-15-11-4-1-2-5-12(11)17-18-19(15)8-10-9-22-14(16-10)13-6-3-7-21-13/h1-7,9H,8H2. The quantitative estimate of drug-likeness (QED) is 0.581. The Morgan fingerprint density at radius 1 is 1.18 bits per heavy atom. The van der Waals surface area contributed by atoms with Gasteiger partial charge in [-0.3, -0.25) is 4.79 Å². The number of furan rings is 1. The van der Waals surface area contributed by atoms with Gasteiger partial charge in [0.05, 0.1) is 23.9 Å². The monoisotopic (exact) mass is 310 g/mol. The van der Waals surface area contributed by atoms with Crippen LogP contribution in [-0.2, 0) is 6.54 Å². The van der Waals surface area contributed by atoms with E-state index in [4.69, 9.17) is 4.42 Å². The predicted molar refractivity (Wildman–Crippen MR) is 82.7 cm³/mol. The fraction of sp³-hybridized carbons (Fsp3) is 0.0667. The van der Waals surface area contributed by atoms with Crippen LogP contribution in [0.15, 0.2) is 57.3 Å². The number of benzene rings is 1. The first-order chi connectivity index (χ1) is 10.8. The van der Waals surface area contributed by atoms with Crippen LogP contribution in [-0.4, -0.2) is 20.0 Å². The van der Waals surface area contributed by atoms with E-state index in [1.54, 1.807) is 18.4 Å². The molecule has 0 fully saturated rings. The van der Waals surface area contributed by atoms with Gasteiger partial charge in [0, 0.05) is 5.38 Å². The minimum absolute atomic E-state index is 0.168. The molecule has 4 rings (SSSR count). The van der Waals surface area contributed by atoms with Crippen LogP contribution in [0.3, 0.4) is 0 Å². The Morgan fingerprint density at radius 2 is 2.09 bits per heavy atom. The van der Waals surface area contributed by atoms with Crippen LogP contribution in [0.5, 0.6) is 0 Å². The van der Waals surface area contributed by atoms with E-state index in [9.17, 15) is 4.79 Å². The number of hydrogen-bond donors (Lipinski definition) is 0. The lowest BCUT2D eigenvalue weighted by molar-refractivity contribution is 0.578. The van der Waals surface area contributed by atoms with E-state index in [0.29, 0.717) is 16.7 Å². The van der Waals surface area contributed by atoms with Gasteiger partial charge in [-0.25, -0.2) is 9.67 Å². The van der Waals surface area contributed by atoms with Crippen molar-refractivity contribution in [2.24, 2.45) is 0 Å². The van der Waals surface area contributed by atoms with Crippen LogP contribution in [0.25, 0.3) is 21.7 Å². The molecular formula is C15H10N4O2S. The second-order valence-corrected chi connectivity index (χ2v) is 5.55. The topological polar surface area (TPSA) is 73.8 Å². The van der Waals surface area contributed by atoms with E-state index in [2.05, 4.69) is 15.3 Å². The molecule has 1 aromatic carbocycles. The Hall–Kier alpha value is -2.80. The fourth-order valence-electron chi connectivity index (χ4n) is 2.17. The minimum Gasteiger partial charge on any atom is -0.462 e. The highest BCUT2D eigenvalue weighted by Crippen LogP contribution is 2.24. The van der Waals surface area contributed by atoms with Crippen LogP contribution >= 0.6 is 11.3 Å². The lowest BCUT2D eigenvalue weighted by atomic mass is 10.2. The molecule has 0 saturated heterocycles. The second kappa shape index (κ2) is 5.19. The summed E-state index contributed by atoms with van der Waals surface area (Å²) in [6.07, 6.45) is 1.61. The Labute approximate surface area is 128 Å². The van der Waals surface area contributed by atoms with Crippen molar-refractivity contribution in [2.45, 2.75) is 6.54 Å². The molecule has 4 aromatic rings. The number of hydrogen-bond acceptors (Lipinski definition) is 6. The maximum Gasteiger partial charge on any atom is 0.277 e. The van der Waals surface area contributed by atoms with Gasteiger partial charge in [-0.2, -0.15) is 0 Å². The summed E-state index contributed by atoms with van der Waals surface area (Å²) in [7, 11) is 0. The second-order valence-electron chi connectivity index (χ2n) is 4.69. The van der Waals surface area contributed by atoms with Crippen molar-refractivity contribution < 1.29 is 4.42 Å². The molecule has 0 radical (unpaired) electrons. The first kappa shape index (κ1) is 12.9. The van der Waals surface area contributed by atoms with Crippen molar-refractivity contribution in [1.29, 1.82) is 0 Å². The molecule has 6 nitrogen and oxygen atoms in total. The SMILES string of the molecule is O=c1c2ccccc2nnn1Cc1csc(-c2ccco2)n1. The van der Waals surface area contributed by atoms with Gasteiger partial charge in [-0.05, 0) is 24.3 Å². The van der Waals surface area contributed by atoms with Crippen LogP contribution < -0.4 is 5.56 Å². The molecule has 0 aliphatic rings. The zero-order valence-corrected chi connectivity index (χ0v) is 12.2. The van der Waals surface area contributed by atoms with E-state index >= 15 is 0 Å². The molecule has 3 heterocycles. The first-order valence-electron chi connectivity index (χ1n) is 6.62. The maximum atomic E-state index is 12.4. The third-order valence-corrected chi connectivity index (χ3v) is 4.13. The lowest BCUT2D eigenvalue weighted by Crippen LogP contribution is -2.24. The van der Waals surface area contributed by atoms with Crippen molar-refractivity contribution in [1.82, 2.24) is 20.0 Å². The molecule has 0 unspecified atom stereocenters. The molecule has 0 N–H and O–H groups in total. The van der Waals surface area contributed by atoms with Crippen LogP contribution in [0.2, 0.25) is 0 Å². The maximum absolute atomic E-state index is 12.4. The summed E-state index contributed by atoms with van der Waals surface area (Å²) >= 11 is 1.47. The van der Waals surface area contributed by atoms with Gasteiger partial charge in [-0.1, -0.05) is 17.3 Å². The molecule has 0 atom stereocenters. The van der Waals surface area contributed by atoms with E-state index < -0.39 is 0 Å². The molecule has 0 bridgehead atoms. The largest absolute Gasteiger partial charge is 0.462 e. The lowest BCUT2D eigenvalue weighted by Gasteiger charge is -2.02. The van der Waals surface area contributed by atoms with E-state index in [-0.39, 0.29) is 12.1 Å². The Bertz CT molecular complexity index is 988. The highest BCUT2D eigenvalue weighted by molar-refractivity contribution is 7.13. The van der Waals surface area contributed by atoms with Gasteiger partial charge >= 0.3 is 0 Å². The van der Waals surface area contributed by atoms with Gasteiger partial charge < -0.3 is 4.42 Å². The average Bonchev–Trinajstić information content (AvgIpc) is 3.21. The van der Waals surface area contributed by atoms with E-state index in [1.807, 2.05) is 29.6 Å². The molecule has 7 heteroatoms. The molecular weight excluding hydrogens is 300 g/mol. The normalized spacial score (nSPS) is 11.1. The molecule has 0 spiro atoms. The highest BCUT2D eigenvalue weighted by Gasteiger charge is 2.10. The molecule has 0 aliphatic carbocycles. The van der Waals surface area contributed by atoms with Gasteiger partial charge in [0.1, 0.15) is 5.52 Å². The summed E-state index contributed by atoms with van der Waals surface area (Å²) in [5.74, 6) is 0.716. The third-order valence-electron chi connectivity index (χ3n) is 3.22. The Kier molecular flexibility index (Phi) is 3.05. The minimum atomic E-state index is -0.168. The van der Waals surface area contributed by atoms with Crippen molar-refractivity contribution in [2.75, 3.05) is 0 Å². The average molecular weight is 310 g/mol. The van der Waals surface area contributed by atoms with Crippen molar-refractivity contribution in [3.05, 3.63) is 64.1 Å². The zero-order valence-electron chi connectivity index (χ0n) is 11.3. The predicted octanol–water partition coefficient (Wildman–Crippen LogP) is 2.56. The summed E-state index contributed by atoms with van der Waals surface area (Å²) in [5.41, 5.74) is 1.18. The molecule has 22 heavy (non-hydrogen) atoms. The summed E-state index contributed by atoms with van der Waals surface area (Å²) < 4.78 is 6.64. The summed E-state index contributed by atoms with van der Waals surface area (Å²) in [5, 5.41) is 11.3. The number of fused-ring (bicyclic) bond motifs is 1. The summed E-state index contributed by atoms with van der Waals surface area (Å²) in [4.78, 5) is 16.9. The zero-order chi connectivity index (χ0) is 14.9. The van der Waals surface area contributed by atoms with E-state index in [0.717, 1.165) is 10.7 Å². The van der Waals surface area contributed by atoms with Gasteiger partial charge in [0.25, 0.3) is 5.56 Å². The number of nitrogens with zero attached hydrogens (tertiary/aromatic N) is 4. The Balaban J connectivity index is 1.69. The smallest absolute Gasteiger partial charge is 0.277 e. The van der Waals surface area contributed by atoms with Crippen LogP contribution in [0.4, 0.5) is 0 Å². The molecule has 0 saturated carbocycles. The molecule has 0 aliphatic heterocycles. The fourth-order valence-corrected chi connectivity index (χ4v) is 2.95. The van der Waals surface area contributed by atoms with Crippen LogP contribution in [0.1, 0.15) is 5.69 Å². The van der Waals surface area contributed by atoms with Gasteiger partial charge in [0.15, 0.2) is 10.8 Å². The summed E-state index contributed by atoms with van der Waals surface area (Å²) in [6.45, 7) is 0.286. The van der Waals surface area contributed by atoms with E-state index in [1.165, 1.54) is 16.0 Å². The number of rotatable bonds is 3. The molecule has 0 amide bonds. The van der Waals surface area contributed by atoms with Gasteiger partial charge in [0.2, 0.25) is 0 Å². The molecule has 3 aromatic heterocycles. The number of aromatic nitrogens is 4.